The largest absolute Gasteiger partial charge is 0.350 e. The van der Waals surface area contributed by atoms with Crippen LogP contribution in [0.15, 0.2) is 24.4 Å². The van der Waals surface area contributed by atoms with Gasteiger partial charge in [-0.15, -0.1) is 0 Å². The molecule has 1 heterocycles. The van der Waals surface area contributed by atoms with E-state index in [1.165, 1.54) is 0 Å². The Balaban J connectivity index is 2.73. The number of nitro benzene ring substituents is 1. The molecule has 0 bridgehead atoms. The van der Waals surface area contributed by atoms with Gasteiger partial charge in [-0.3, -0.25) is 10.1 Å². The Morgan fingerprint density at radius 1 is 1.47 bits per heavy atom. The molecule has 4 heteroatoms. The standard InChI is InChI=1S/C11H12N2O2/c1-3-8-7-12(2)11-5-4-9(13(14)15)6-10(8)11/h4-7H,3H2,1-2H3. The first-order valence-corrected chi connectivity index (χ1v) is 4.86. The molecule has 2 rings (SSSR count). The summed E-state index contributed by atoms with van der Waals surface area (Å²) in [6.45, 7) is 2.05. The third-order valence-electron chi connectivity index (χ3n) is 2.65. The Morgan fingerprint density at radius 2 is 2.20 bits per heavy atom. The fraction of sp³-hybridized carbons (Fsp3) is 0.273. The topological polar surface area (TPSA) is 48.1 Å². The van der Waals surface area contributed by atoms with E-state index < -0.39 is 0 Å². The summed E-state index contributed by atoms with van der Waals surface area (Å²) >= 11 is 0. The van der Waals surface area contributed by atoms with Crippen LogP contribution in [0, 0.1) is 10.1 Å². The van der Waals surface area contributed by atoms with Crippen LogP contribution in [0.5, 0.6) is 0 Å². The van der Waals surface area contributed by atoms with Crippen molar-refractivity contribution in [2.45, 2.75) is 13.3 Å². The maximum Gasteiger partial charge on any atom is 0.270 e. The van der Waals surface area contributed by atoms with Crippen molar-refractivity contribution < 1.29 is 4.92 Å². The normalized spacial score (nSPS) is 10.8. The first-order chi connectivity index (χ1) is 7.13. The second-order valence-electron chi connectivity index (χ2n) is 3.58. The zero-order valence-electron chi connectivity index (χ0n) is 8.73. The minimum atomic E-state index is -0.355. The molecule has 0 unspecified atom stereocenters. The number of fused-ring (bicyclic) bond motifs is 1. The minimum absolute atomic E-state index is 0.156. The van der Waals surface area contributed by atoms with E-state index in [0.29, 0.717) is 0 Å². The van der Waals surface area contributed by atoms with Gasteiger partial charge < -0.3 is 4.57 Å². The molecule has 1 aromatic carbocycles. The van der Waals surface area contributed by atoms with Crippen LogP contribution >= 0.6 is 0 Å². The quantitative estimate of drug-likeness (QED) is 0.557. The van der Waals surface area contributed by atoms with Crippen LogP contribution in [0.4, 0.5) is 5.69 Å². The molecule has 0 amide bonds. The molecule has 4 nitrogen and oxygen atoms in total. The number of aromatic nitrogens is 1. The van der Waals surface area contributed by atoms with Crippen LogP contribution in [-0.4, -0.2) is 9.49 Å². The number of nitrogens with zero attached hydrogens (tertiary/aromatic N) is 2. The summed E-state index contributed by atoms with van der Waals surface area (Å²) in [6.07, 6.45) is 2.91. The van der Waals surface area contributed by atoms with Crippen LogP contribution in [0.3, 0.4) is 0 Å². The van der Waals surface area contributed by atoms with Gasteiger partial charge >= 0.3 is 0 Å². The number of hydrogen-bond donors (Lipinski definition) is 0. The van der Waals surface area contributed by atoms with Gasteiger partial charge in [0.15, 0.2) is 0 Å². The van der Waals surface area contributed by atoms with Crippen molar-refractivity contribution in [3.63, 3.8) is 0 Å². The smallest absolute Gasteiger partial charge is 0.270 e. The molecular weight excluding hydrogens is 192 g/mol. The molecule has 0 radical (unpaired) electrons. The molecule has 0 spiro atoms. The van der Waals surface area contributed by atoms with Crippen LogP contribution in [-0.2, 0) is 13.5 Å². The third kappa shape index (κ3) is 1.48. The Bertz CT molecular complexity index is 529. The van der Waals surface area contributed by atoms with Crippen LogP contribution in [0.2, 0.25) is 0 Å². The number of rotatable bonds is 2. The van der Waals surface area contributed by atoms with E-state index in [2.05, 4.69) is 0 Å². The maximum absolute atomic E-state index is 10.6. The van der Waals surface area contributed by atoms with E-state index in [1.807, 2.05) is 24.7 Å². The van der Waals surface area contributed by atoms with Crippen molar-refractivity contribution in [1.82, 2.24) is 4.57 Å². The minimum Gasteiger partial charge on any atom is -0.350 e. The van der Waals surface area contributed by atoms with Gasteiger partial charge in [0.1, 0.15) is 0 Å². The van der Waals surface area contributed by atoms with Crippen LogP contribution in [0.1, 0.15) is 12.5 Å². The predicted molar refractivity (Wildman–Crippen MR) is 59.0 cm³/mol. The lowest BCUT2D eigenvalue weighted by Crippen LogP contribution is -1.88. The van der Waals surface area contributed by atoms with E-state index in [4.69, 9.17) is 0 Å². The van der Waals surface area contributed by atoms with Crippen LogP contribution in [0.25, 0.3) is 10.9 Å². The number of hydrogen-bond acceptors (Lipinski definition) is 2. The van der Waals surface area contributed by atoms with Gasteiger partial charge in [0.25, 0.3) is 5.69 Å². The fourth-order valence-corrected chi connectivity index (χ4v) is 1.86. The molecule has 0 aliphatic carbocycles. The first-order valence-electron chi connectivity index (χ1n) is 4.86. The number of aryl methyl sites for hydroxylation is 2. The Hall–Kier alpha value is -1.84. The molecule has 15 heavy (non-hydrogen) atoms. The van der Waals surface area contributed by atoms with Crippen LogP contribution < -0.4 is 0 Å². The molecule has 0 fully saturated rings. The Morgan fingerprint density at radius 3 is 2.80 bits per heavy atom. The van der Waals surface area contributed by atoms with Gasteiger partial charge in [0.2, 0.25) is 0 Å². The molecule has 0 aliphatic rings. The first kappa shape index (κ1) is 9.71. The molecule has 0 saturated heterocycles. The molecule has 2 aromatic rings. The highest BCUT2D eigenvalue weighted by Gasteiger charge is 2.10. The lowest BCUT2D eigenvalue weighted by molar-refractivity contribution is -0.384. The summed E-state index contributed by atoms with van der Waals surface area (Å²) in [4.78, 5) is 10.3. The molecule has 0 N–H and O–H groups in total. The summed E-state index contributed by atoms with van der Waals surface area (Å²) < 4.78 is 2.00. The highest BCUT2D eigenvalue weighted by molar-refractivity contribution is 5.86. The van der Waals surface area contributed by atoms with E-state index >= 15 is 0 Å². The van der Waals surface area contributed by atoms with Crippen molar-refractivity contribution in [3.8, 4) is 0 Å². The molecule has 0 atom stereocenters. The van der Waals surface area contributed by atoms with Gasteiger partial charge in [-0.1, -0.05) is 6.92 Å². The molecule has 1 aromatic heterocycles. The van der Waals surface area contributed by atoms with Crippen molar-refractivity contribution in [3.05, 3.63) is 40.1 Å². The van der Waals surface area contributed by atoms with Gasteiger partial charge in [-0.25, -0.2) is 0 Å². The Labute approximate surface area is 87.3 Å². The Kier molecular flexibility index (Phi) is 2.19. The lowest BCUT2D eigenvalue weighted by atomic mass is 10.1. The fourth-order valence-electron chi connectivity index (χ4n) is 1.86. The van der Waals surface area contributed by atoms with Gasteiger partial charge in [0.05, 0.1) is 4.92 Å². The summed E-state index contributed by atoms with van der Waals surface area (Å²) in [5, 5.41) is 11.6. The van der Waals surface area contributed by atoms with E-state index in [1.54, 1.807) is 18.2 Å². The van der Waals surface area contributed by atoms with Gasteiger partial charge in [0, 0.05) is 36.3 Å². The molecular formula is C11H12N2O2. The number of non-ortho nitro benzene ring substituents is 1. The molecule has 78 valence electrons. The van der Waals surface area contributed by atoms with Crippen molar-refractivity contribution in [2.75, 3.05) is 0 Å². The van der Waals surface area contributed by atoms with E-state index in [0.717, 1.165) is 22.9 Å². The van der Waals surface area contributed by atoms with Gasteiger partial charge in [-0.05, 0) is 18.1 Å². The number of benzene rings is 1. The SMILES string of the molecule is CCc1cn(C)c2ccc([N+](=O)[O-])cc12. The summed E-state index contributed by atoms with van der Waals surface area (Å²) in [5.41, 5.74) is 2.34. The average Bonchev–Trinajstić information content (AvgIpc) is 2.55. The van der Waals surface area contributed by atoms with Crippen molar-refractivity contribution >= 4 is 16.6 Å². The zero-order chi connectivity index (χ0) is 11.0. The number of nitro groups is 1. The van der Waals surface area contributed by atoms with E-state index in [9.17, 15) is 10.1 Å². The van der Waals surface area contributed by atoms with Gasteiger partial charge in [-0.2, -0.15) is 0 Å². The maximum atomic E-state index is 10.6. The highest BCUT2D eigenvalue weighted by Crippen LogP contribution is 2.25. The second-order valence-corrected chi connectivity index (χ2v) is 3.58. The lowest BCUT2D eigenvalue weighted by Gasteiger charge is -1.96. The van der Waals surface area contributed by atoms with E-state index in [-0.39, 0.29) is 10.6 Å². The van der Waals surface area contributed by atoms with Crippen molar-refractivity contribution in [1.29, 1.82) is 0 Å². The zero-order valence-corrected chi connectivity index (χ0v) is 8.73. The molecule has 0 aliphatic heterocycles. The summed E-state index contributed by atoms with van der Waals surface area (Å²) in [5.74, 6) is 0. The average molecular weight is 204 g/mol. The second kappa shape index (κ2) is 3.38. The predicted octanol–water partition coefficient (Wildman–Crippen LogP) is 2.65. The summed E-state index contributed by atoms with van der Waals surface area (Å²) in [7, 11) is 1.95. The van der Waals surface area contributed by atoms with Crippen molar-refractivity contribution in [2.24, 2.45) is 7.05 Å². The highest BCUT2D eigenvalue weighted by atomic mass is 16.6. The summed E-state index contributed by atoms with van der Waals surface area (Å²) in [6, 6.07) is 4.99. The molecule has 0 saturated carbocycles. The third-order valence-corrected chi connectivity index (χ3v) is 2.65. The monoisotopic (exact) mass is 204 g/mol.